The number of amides is 2. The van der Waals surface area contributed by atoms with Gasteiger partial charge in [0.25, 0.3) is 0 Å². The highest BCUT2D eigenvalue weighted by molar-refractivity contribution is 5.82. The summed E-state index contributed by atoms with van der Waals surface area (Å²) in [5, 5.41) is 20.0. The van der Waals surface area contributed by atoms with Crippen LogP contribution in [0.15, 0.2) is 0 Å². The first kappa shape index (κ1) is 17.2. The molecule has 7 heteroatoms. The van der Waals surface area contributed by atoms with E-state index in [4.69, 9.17) is 15.1 Å². The predicted molar refractivity (Wildman–Crippen MR) is 68.5 cm³/mol. The van der Waals surface area contributed by atoms with Gasteiger partial charge in [0.05, 0.1) is 19.1 Å². The molecule has 0 heterocycles. The molecule has 0 aliphatic rings. The third kappa shape index (κ3) is 6.62. The van der Waals surface area contributed by atoms with Crippen molar-refractivity contribution in [2.75, 3.05) is 26.8 Å². The van der Waals surface area contributed by atoms with E-state index in [0.29, 0.717) is 13.2 Å². The monoisotopic (exact) mass is 271 g/mol. The number of aliphatic carboxylic acids is 1. The molecule has 2 amide bonds. The highest BCUT2D eigenvalue weighted by Crippen LogP contribution is 2.03. The topological polar surface area (TPSA) is 103 Å². The first-order valence-corrected chi connectivity index (χ1v) is 6.08. The average molecular weight is 271 g/mol. The highest BCUT2D eigenvalue weighted by Gasteiger charge is 2.25. The quantitative estimate of drug-likeness (QED) is 0.675. The molecule has 0 saturated heterocycles. The standard InChI is InChI=1S/C12H21N3O4/c1-9(2)10(11(16)17)14-12(18)15(6-4-5-13)7-8-19-3/h9-10H,4,6-8H2,1-3H3,(H,14,18)(H,16,17)/t10-/m1/s1. The van der Waals surface area contributed by atoms with Gasteiger partial charge >= 0.3 is 12.0 Å². The van der Waals surface area contributed by atoms with E-state index < -0.39 is 18.0 Å². The van der Waals surface area contributed by atoms with Crippen LogP contribution in [0.5, 0.6) is 0 Å². The summed E-state index contributed by atoms with van der Waals surface area (Å²) in [4.78, 5) is 24.4. The van der Waals surface area contributed by atoms with Gasteiger partial charge in [-0.1, -0.05) is 13.8 Å². The fraction of sp³-hybridized carbons (Fsp3) is 0.750. The molecule has 0 fully saturated rings. The third-order valence-electron chi connectivity index (χ3n) is 2.56. The molecule has 0 radical (unpaired) electrons. The summed E-state index contributed by atoms with van der Waals surface area (Å²) >= 11 is 0. The first-order chi connectivity index (χ1) is 8.93. The van der Waals surface area contributed by atoms with Crippen LogP contribution in [0.1, 0.15) is 20.3 Å². The molecule has 0 rings (SSSR count). The second-order valence-corrected chi connectivity index (χ2v) is 4.40. The summed E-state index contributed by atoms with van der Waals surface area (Å²) < 4.78 is 4.88. The molecule has 7 nitrogen and oxygen atoms in total. The van der Waals surface area contributed by atoms with Crippen LogP contribution in [-0.2, 0) is 9.53 Å². The molecule has 19 heavy (non-hydrogen) atoms. The van der Waals surface area contributed by atoms with Gasteiger partial charge in [-0.3, -0.25) is 0 Å². The average Bonchev–Trinajstić information content (AvgIpc) is 2.35. The summed E-state index contributed by atoms with van der Waals surface area (Å²) in [6.07, 6.45) is 0.191. The molecule has 0 aromatic carbocycles. The van der Waals surface area contributed by atoms with Crippen molar-refractivity contribution < 1.29 is 19.4 Å². The number of methoxy groups -OCH3 is 1. The zero-order chi connectivity index (χ0) is 14.8. The first-order valence-electron chi connectivity index (χ1n) is 6.08. The van der Waals surface area contributed by atoms with Crippen molar-refractivity contribution in [3.05, 3.63) is 0 Å². The van der Waals surface area contributed by atoms with Gasteiger partial charge in [0.1, 0.15) is 6.04 Å². The number of hydrogen-bond acceptors (Lipinski definition) is 4. The number of ether oxygens (including phenoxy) is 1. The van der Waals surface area contributed by atoms with Crippen LogP contribution < -0.4 is 5.32 Å². The number of carboxylic acid groups (broad SMARTS) is 1. The Morgan fingerprint density at radius 3 is 2.47 bits per heavy atom. The number of rotatable bonds is 8. The lowest BCUT2D eigenvalue weighted by atomic mass is 10.1. The second-order valence-electron chi connectivity index (χ2n) is 4.40. The molecule has 0 saturated carbocycles. The minimum Gasteiger partial charge on any atom is -0.480 e. The fourth-order valence-corrected chi connectivity index (χ4v) is 1.44. The normalized spacial score (nSPS) is 11.7. The minimum absolute atomic E-state index is 0.191. The van der Waals surface area contributed by atoms with E-state index in [1.54, 1.807) is 13.8 Å². The maximum atomic E-state index is 12.0. The van der Waals surface area contributed by atoms with Gasteiger partial charge in [-0.2, -0.15) is 5.26 Å². The molecule has 0 unspecified atom stereocenters. The van der Waals surface area contributed by atoms with Gasteiger partial charge in [-0.25, -0.2) is 9.59 Å². The van der Waals surface area contributed by atoms with Crippen LogP contribution in [0.4, 0.5) is 4.79 Å². The molecular weight excluding hydrogens is 250 g/mol. The summed E-state index contributed by atoms with van der Waals surface area (Å²) in [5.74, 6) is -1.29. The Morgan fingerprint density at radius 1 is 1.42 bits per heavy atom. The molecule has 0 aliphatic carbocycles. The van der Waals surface area contributed by atoms with Crippen molar-refractivity contribution in [2.24, 2.45) is 5.92 Å². The van der Waals surface area contributed by atoms with Gasteiger partial charge in [0, 0.05) is 20.2 Å². The van der Waals surface area contributed by atoms with Gasteiger partial charge in [0.2, 0.25) is 0 Å². The lowest BCUT2D eigenvalue weighted by molar-refractivity contribution is -0.140. The Hall–Kier alpha value is -1.81. The van der Waals surface area contributed by atoms with Crippen molar-refractivity contribution in [3.8, 4) is 6.07 Å². The number of nitriles is 1. The Kier molecular flexibility index (Phi) is 8.29. The second kappa shape index (κ2) is 9.16. The van der Waals surface area contributed by atoms with E-state index in [0.717, 1.165) is 0 Å². The Morgan fingerprint density at radius 2 is 2.05 bits per heavy atom. The number of carbonyl (C=O) groups is 2. The molecule has 2 N–H and O–H groups in total. The van der Waals surface area contributed by atoms with E-state index in [9.17, 15) is 9.59 Å². The Bertz CT molecular complexity index is 338. The van der Waals surface area contributed by atoms with E-state index in [1.807, 2.05) is 6.07 Å². The number of carboxylic acids is 1. The van der Waals surface area contributed by atoms with Gasteiger partial charge in [0.15, 0.2) is 0 Å². The van der Waals surface area contributed by atoms with E-state index in [1.165, 1.54) is 12.0 Å². The molecule has 0 aromatic heterocycles. The van der Waals surface area contributed by atoms with Crippen LogP contribution in [0.2, 0.25) is 0 Å². The van der Waals surface area contributed by atoms with Gasteiger partial charge in [-0.15, -0.1) is 0 Å². The summed E-state index contributed by atoms with van der Waals surface area (Å²) in [6, 6.07) is 0.513. The number of nitrogens with one attached hydrogen (secondary N) is 1. The molecule has 0 spiro atoms. The van der Waals surface area contributed by atoms with Gasteiger partial charge < -0.3 is 20.1 Å². The largest absolute Gasteiger partial charge is 0.480 e. The van der Waals surface area contributed by atoms with Crippen molar-refractivity contribution >= 4 is 12.0 Å². The van der Waals surface area contributed by atoms with Crippen LogP contribution >= 0.6 is 0 Å². The third-order valence-corrected chi connectivity index (χ3v) is 2.56. The molecule has 0 aliphatic heterocycles. The molecular formula is C12H21N3O4. The Balaban J connectivity index is 4.59. The minimum atomic E-state index is -1.07. The summed E-state index contributed by atoms with van der Waals surface area (Å²) in [7, 11) is 1.51. The fourth-order valence-electron chi connectivity index (χ4n) is 1.44. The van der Waals surface area contributed by atoms with Crippen LogP contribution in [0.25, 0.3) is 0 Å². The smallest absolute Gasteiger partial charge is 0.326 e. The van der Waals surface area contributed by atoms with Gasteiger partial charge in [-0.05, 0) is 5.92 Å². The van der Waals surface area contributed by atoms with Crippen LogP contribution in [0.3, 0.4) is 0 Å². The summed E-state index contributed by atoms with van der Waals surface area (Å²) in [6.45, 7) is 4.32. The number of hydrogen-bond donors (Lipinski definition) is 2. The van der Waals surface area contributed by atoms with Crippen molar-refractivity contribution in [3.63, 3.8) is 0 Å². The van der Waals surface area contributed by atoms with Crippen molar-refractivity contribution in [1.82, 2.24) is 10.2 Å². The number of urea groups is 1. The number of carbonyl (C=O) groups excluding carboxylic acids is 1. The van der Waals surface area contributed by atoms with Crippen molar-refractivity contribution in [1.29, 1.82) is 5.26 Å². The van der Waals surface area contributed by atoms with E-state index in [-0.39, 0.29) is 18.9 Å². The molecule has 0 bridgehead atoms. The number of nitrogens with zero attached hydrogens (tertiary/aromatic N) is 2. The van der Waals surface area contributed by atoms with Crippen LogP contribution in [-0.4, -0.2) is 54.9 Å². The maximum Gasteiger partial charge on any atom is 0.326 e. The Labute approximate surface area is 113 Å². The van der Waals surface area contributed by atoms with Crippen molar-refractivity contribution in [2.45, 2.75) is 26.3 Å². The molecule has 1 atom stereocenters. The van der Waals surface area contributed by atoms with E-state index in [2.05, 4.69) is 5.32 Å². The zero-order valence-corrected chi connectivity index (χ0v) is 11.5. The molecule has 108 valence electrons. The lowest BCUT2D eigenvalue weighted by Crippen LogP contribution is -2.51. The zero-order valence-electron chi connectivity index (χ0n) is 11.5. The maximum absolute atomic E-state index is 12.0. The lowest BCUT2D eigenvalue weighted by Gasteiger charge is -2.25. The van der Waals surface area contributed by atoms with Crippen LogP contribution in [0, 0.1) is 17.2 Å². The highest BCUT2D eigenvalue weighted by atomic mass is 16.5. The van der Waals surface area contributed by atoms with E-state index >= 15 is 0 Å². The molecule has 0 aromatic rings. The predicted octanol–water partition coefficient (Wildman–Crippen LogP) is 0.667. The summed E-state index contributed by atoms with van der Waals surface area (Å²) in [5.41, 5.74) is 0. The SMILES string of the molecule is COCCN(CCC#N)C(=O)N[C@@H](C(=O)O)C(C)C.